The summed E-state index contributed by atoms with van der Waals surface area (Å²) in [5, 5.41) is 15.7. The van der Waals surface area contributed by atoms with Gasteiger partial charge in [0.05, 0.1) is 22.4 Å². The topological polar surface area (TPSA) is 9.86 Å². The van der Waals surface area contributed by atoms with Gasteiger partial charge in [-0.2, -0.15) is 0 Å². The van der Waals surface area contributed by atoms with E-state index in [1.165, 1.54) is 110 Å². The minimum Gasteiger partial charge on any atom is -0.312 e. The van der Waals surface area contributed by atoms with Gasteiger partial charge in [0, 0.05) is 43.7 Å². The summed E-state index contributed by atoms with van der Waals surface area (Å²) in [5.74, 6) is 0. The molecule has 0 aliphatic carbocycles. The lowest BCUT2D eigenvalue weighted by Gasteiger charge is -2.18. The molecule has 218 valence electrons. The van der Waals surface area contributed by atoms with Crippen molar-refractivity contribution in [2.45, 2.75) is 27.7 Å². The zero-order valence-electron chi connectivity index (χ0n) is 26.4. The van der Waals surface area contributed by atoms with Crippen LogP contribution in [0.1, 0.15) is 22.5 Å². The SMILES string of the molecule is Cc1c(C)n(-c2cccc3ccccc23)c2c1cc1ccc3c4c(ccc2c14)cc1c(C)c(C)n(-c2cccc4ccccc24)c13. The Morgan fingerprint density at radius 3 is 1.22 bits per heavy atom. The van der Waals surface area contributed by atoms with E-state index in [1.54, 1.807) is 0 Å². The van der Waals surface area contributed by atoms with Gasteiger partial charge in [-0.15, -0.1) is 0 Å². The summed E-state index contributed by atoms with van der Waals surface area (Å²) in [4.78, 5) is 0. The van der Waals surface area contributed by atoms with E-state index in [-0.39, 0.29) is 0 Å². The maximum absolute atomic E-state index is 2.52. The number of nitrogens with zero attached hydrogens (tertiary/aromatic N) is 2. The molecule has 10 aromatic rings. The van der Waals surface area contributed by atoms with E-state index in [2.05, 4.69) is 158 Å². The fraction of sp³-hybridized carbons (Fsp3) is 0.0909. The van der Waals surface area contributed by atoms with Crippen LogP contribution in [0, 0.1) is 27.7 Å². The van der Waals surface area contributed by atoms with E-state index in [0.29, 0.717) is 0 Å². The third-order valence-corrected chi connectivity index (χ3v) is 10.9. The highest BCUT2D eigenvalue weighted by atomic mass is 15.0. The van der Waals surface area contributed by atoms with E-state index in [1.807, 2.05) is 0 Å². The zero-order chi connectivity index (χ0) is 30.8. The first-order valence-electron chi connectivity index (χ1n) is 16.2. The molecule has 2 nitrogen and oxygen atoms in total. The Morgan fingerprint density at radius 1 is 0.348 bits per heavy atom. The Kier molecular flexibility index (Phi) is 5.02. The third-order valence-electron chi connectivity index (χ3n) is 10.9. The first-order valence-corrected chi connectivity index (χ1v) is 16.2. The average molecular weight is 589 g/mol. The molecule has 0 unspecified atom stereocenters. The van der Waals surface area contributed by atoms with Crippen molar-refractivity contribution < 1.29 is 0 Å². The van der Waals surface area contributed by atoms with Gasteiger partial charge in [0.25, 0.3) is 0 Å². The van der Waals surface area contributed by atoms with Crippen LogP contribution in [0.3, 0.4) is 0 Å². The standard InChI is InChI=1S/C44H32N2/c1-25-27(3)45(39-17-9-13-29-11-5-7-15-33(29)39)43-35-21-20-32-24-38-26(2)28(4)46(40-18-10-14-30-12-6-8-16-34(30)40)44(38)36-22-19-31(23-37(25)43)41(35)42(32)36/h5-24H,1-4H3. The van der Waals surface area contributed by atoms with Gasteiger partial charge in [0.1, 0.15) is 0 Å². The summed E-state index contributed by atoms with van der Waals surface area (Å²) in [6.07, 6.45) is 0. The number of rotatable bonds is 2. The lowest BCUT2D eigenvalue weighted by Crippen LogP contribution is -1.99. The van der Waals surface area contributed by atoms with Gasteiger partial charge < -0.3 is 9.13 Å². The summed E-state index contributed by atoms with van der Waals surface area (Å²) < 4.78 is 5.03. The Morgan fingerprint density at radius 2 is 0.761 bits per heavy atom. The Balaban J connectivity index is 1.39. The lowest BCUT2D eigenvalue weighted by molar-refractivity contribution is 1.05. The molecule has 0 radical (unpaired) electrons. The monoisotopic (exact) mass is 588 g/mol. The number of aryl methyl sites for hydroxylation is 2. The lowest BCUT2D eigenvalue weighted by atomic mass is 9.91. The fourth-order valence-corrected chi connectivity index (χ4v) is 8.44. The molecule has 10 rings (SSSR count). The molecule has 0 fully saturated rings. The van der Waals surface area contributed by atoms with Crippen LogP contribution < -0.4 is 0 Å². The largest absolute Gasteiger partial charge is 0.312 e. The molecule has 0 bridgehead atoms. The molecule has 0 spiro atoms. The Hall–Kier alpha value is -5.60. The minimum absolute atomic E-state index is 1.24. The van der Waals surface area contributed by atoms with Crippen LogP contribution in [0.25, 0.3) is 87.0 Å². The van der Waals surface area contributed by atoms with Crippen molar-refractivity contribution in [2.24, 2.45) is 0 Å². The summed E-state index contributed by atoms with van der Waals surface area (Å²) in [5.41, 5.74) is 10.3. The van der Waals surface area contributed by atoms with E-state index in [4.69, 9.17) is 0 Å². The molecule has 0 atom stereocenters. The molecule has 8 aromatic carbocycles. The summed E-state index contributed by atoms with van der Waals surface area (Å²) >= 11 is 0. The second-order valence-corrected chi connectivity index (χ2v) is 13.1. The predicted molar refractivity (Wildman–Crippen MR) is 198 cm³/mol. The first-order chi connectivity index (χ1) is 22.5. The number of benzene rings is 8. The molecular formula is C44H32N2. The van der Waals surface area contributed by atoms with Crippen molar-refractivity contribution >= 4 is 75.7 Å². The quantitative estimate of drug-likeness (QED) is 0.178. The number of hydrogen-bond donors (Lipinski definition) is 0. The zero-order valence-corrected chi connectivity index (χ0v) is 26.4. The molecule has 0 aliphatic rings. The number of fused-ring (bicyclic) bond motifs is 6. The van der Waals surface area contributed by atoms with Gasteiger partial charge in [-0.3, -0.25) is 0 Å². The van der Waals surface area contributed by atoms with Crippen LogP contribution in [0.5, 0.6) is 0 Å². The summed E-state index contributed by atoms with van der Waals surface area (Å²) in [6, 6.07) is 45.2. The van der Waals surface area contributed by atoms with E-state index >= 15 is 0 Å². The Labute approximate surface area is 267 Å². The Bertz CT molecular complexity index is 2680. The van der Waals surface area contributed by atoms with Gasteiger partial charge in [0.2, 0.25) is 0 Å². The number of hydrogen-bond acceptors (Lipinski definition) is 0. The summed E-state index contributed by atoms with van der Waals surface area (Å²) in [6.45, 7) is 9.11. The minimum atomic E-state index is 1.24. The van der Waals surface area contributed by atoms with Crippen molar-refractivity contribution in [1.82, 2.24) is 9.13 Å². The van der Waals surface area contributed by atoms with Gasteiger partial charge in [-0.1, -0.05) is 97.1 Å². The molecule has 2 heterocycles. The van der Waals surface area contributed by atoms with Crippen molar-refractivity contribution in [2.75, 3.05) is 0 Å². The maximum atomic E-state index is 2.52. The van der Waals surface area contributed by atoms with E-state index in [9.17, 15) is 0 Å². The van der Waals surface area contributed by atoms with Crippen molar-refractivity contribution in [1.29, 1.82) is 0 Å². The van der Waals surface area contributed by atoms with E-state index < -0.39 is 0 Å². The molecular weight excluding hydrogens is 556 g/mol. The predicted octanol–water partition coefficient (Wildman–Crippen LogP) is 12.0. The molecule has 0 saturated heterocycles. The van der Waals surface area contributed by atoms with E-state index in [0.717, 1.165) is 0 Å². The highest BCUT2D eigenvalue weighted by molar-refractivity contribution is 6.33. The summed E-state index contributed by atoms with van der Waals surface area (Å²) in [7, 11) is 0. The highest BCUT2D eigenvalue weighted by Crippen LogP contribution is 2.46. The molecule has 0 amide bonds. The van der Waals surface area contributed by atoms with Gasteiger partial charge in [-0.05, 0) is 95.4 Å². The maximum Gasteiger partial charge on any atom is 0.0613 e. The third kappa shape index (κ3) is 3.16. The highest BCUT2D eigenvalue weighted by Gasteiger charge is 2.23. The van der Waals surface area contributed by atoms with Crippen LogP contribution in [-0.4, -0.2) is 9.13 Å². The van der Waals surface area contributed by atoms with Gasteiger partial charge in [-0.25, -0.2) is 0 Å². The van der Waals surface area contributed by atoms with Crippen molar-refractivity contribution in [3.8, 4) is 11.4 Å². The van der Waals surface area contributed by atoms with Crippen LogP contribution >= 0.6 is 0 Å². The molecule has 46 heavy (non-hydrogen) atoms. The normalized spacial score (nSPS) is 12.3. The molecule has 2 aromatic heterocycles. The van der Waals surface area contributed by atoms with Crippen molar-refractivity contribution in [3.05, 3.63) is 144 Å². The van der Waals surface area contributed by atoms with Gasteiger partial charge >= 0.3 is 0 Å². The van der Waals surface area contributed by atoms with Crippen LogP contribution in [0.4, 0.5) is 0 Å². The molecule has 0 saturated carbocycles. The fourth-order valence-electron chi connectivity index (χ4n) is 8.44. The molecule has 0 N–H and O–H groups in total. The van der Waals surface area contributed by atoms with Crippen molar-refractivity contribution in [3.63, 3.8) is 0 Å². The van der Waals surface area contributed by atoms with Crippen LogP contribution in [-0.2, 0) is 0 Å². The second kappa shape index (κ2) is 8.99. The smallest absolute Gasteiger partial charge is 0.0613 e. The van der Waals surface area contributed by atoms with Crippen LogP contribution in [0.2, 0.25) is 0 Å². The van der Waals surface area contributed by atoms with Gasteiger partial charge in [0.15, 0.2) is 0 Å². The second-order valence-electron chi connectivity index (χ2n) is 13.1. The first kappa shape index (κ1) is 25.7. The molecule has 0 aliphatic heterocycles. The number of aromatic nitrogens is 2. The molecule has 2 heteroatoms. The van der Waals surface area contributed by atoms with Crippen LogP contribution in [0.15, 0.2) is 121 Å². The average Bonchev–Trinajstić information content (AvgIpc) is 3.50.